The molecule has 0 atom stereocenters. The van der Waals surface area contributed by atoms with E-state index in [1.54, 1.807) is 0 Å². The number of sulfonamides is 1. The summed E-state index contributed by atoms with van der Waals surface area (Å²) in [4.78, 5) is 1.80. The summed E-state index contributed by atoms with van der Waals surface area (Å²) in [6.45, 7) is 3.48. The number of hydrogen-bond acceptors (Lipinski definition) is 4. The highest BCUT2D eigenvalue weighted by Crippen LogP contribution is 2.38. The summed E-state index contributed by atoms with van der Waals surface area (Å²) in [5.41, 5.74) is 1.04. The summed E-state index contributed by atoms with van der Waals surface area (Å²) in [6, 6.07) is 2.98. The first-order valence-corrected chi connectivity index (χ1v) is 14.2. The first-order valence-electron chi connectivity index (χ1n) is 12.0. The topological polar surface area (TPSA) is 58.4 Å². The van der Waals surface area contributed by atoms with Crippen molar-refractivity contribution in [2.24, 2.45) is 13.0 Å². The quantitative estimate of drug-likeness (QED) is 0.340. The van der Waals surface area contributed by atoms with Crippen LogP contribution in [-0.4, -0.2) is 56.0 Å². The third kappa shape index (κ3) is 6.88. The summed E-state index contributed by atoms with van der Waals surface area (Å²) in [7, 11) is -1.08. The Kier molecular flexibility index (Phi) is 9.28. The number of aromatic nitrogens is 2. The molecule has 0 radical (unpaired) electrons. The van der Waals surface area contributed by atoms with Crippen LogP contribution in [0.25, 0.3) is 0 Å². The maximum Gasteiger partial charge on any atom is 0.407 e. The van der Waals surface area contributed by atoms with Gasteiger partial charge in [0.25, 0.3) is 10.0 Å². The molecule has 3 rings (SSSR count). The van der Waals surface area contributed by atoms with E-state index < -0.39 is 27.6 Å². The van der Waals surface area contributed by atoms with Crippen molar-refractivity contribution in [2.75, 3.05) is 31.0 Å². The number of aryl methyl sites for hydroxylation is 3. The second kappa shape index (κ2) is 11.5. The predicted molar refractivity (Wildman–Crippen MR) is 138 cm³/mol. The van der Waals surface area contributed by atoms with Gasteiger partial charge in [0.2, 0.25) is 0 Å². The van der Waals surface area contributed by atoms with Crippen LogP contribution in [0.5, 0.6) is 0 Å². The number of unbranched alkanes of at least 4 members (excludes halogenated alkanes) is 1. The minimum atomic E-state index is -4.80. The average Bonchev–Trinajstić information content (AvgIpc) is 3.00. The average molecular weight is 570 g/mol. The highest BCUT2D eigenvalue weighted by Gasteiger charge is 2.41. The fraction of sp³-hybridized carbons (Fsp3) is 0.625. The second-order valence-corrected chi connectivity index (χ2v) is 12.3. The molecule has 1 aliphatic heterocycles. The van der Waals surface area contributed by atoms with E-state index in [0.717, 1.165) is 43.8 Å². The van der Waals surface area contributed by atoms with Crippen molar-refractivity contribution in [2.45, 2.75) is 63.4 Å². The largest absolute Gasteiger partial charge is 0.407 e. The first-order chi connectivity index (χ1) is 16.7. The minimum absolute atomic E-state index is 0.139. The van der Waals surface area contributed by atoms with Gasteiger partial charge < -0.3 is 4.90 Å². The molecule has 6 nitrogen and oxygen atoms in total. The van der Waals surface area contributed by atoms with Crippen molar-refractivity contribution < 1.29 is 21.6 Å². The van der Waals surface area contributed by atoms with Crippen LogP contribution >= 0.6 is 23.2 Å². The Morgan fingerprint density at radius 1 is 1.08 bits per heavy atom. The van der Waals surface area contributed by atoms with E-state index in [1.807, 2.05) is 0 Å². The summed E-state index contributed by atoms with van der Waals surface area (Å²) >= 11 is 12.7. The van der Waals surface area contributed by atoms with Crippen molar-refractivity contribution in [3.63, 3.8) is 0 Å². The fourth-order valence-corrected chi connectivity index (χ4v) is 7.57. The molecule has 202 valence electrons. The Bertz CT molecular complexity index is 1150. The molecule has 1 saturated heterocycles. The van der Waals surface area contributed by atoms with Crippen LogP contribution in [0.3, 0.4) is 0 Å². The van der Waals surface area contributed by atoms with Gasteiger partial charge in [0.15, 0.2) is 0 Å². The number of hydrogen-bond donors (Lipinski definition) is 0. The van der Waals surface area contributed by atoms with Crippen LogP contribution in [0.15, 0.2) is 17.0 Å². The molecule has 0 spiro atoms. The van der Waals surface area contributed by atoms with Crippen molar-refractivity contribution in [3.05, 3.63) is 39.1 Å². The molecule has 1 fully saturated rings. The van der Waals surface area contributed by atoms with Gasteiger partial charge in [-0.05, 0) is 83.3 Å². The Hall–Kier alpha value is -1.49. The molecule has 12 heteroatoms. The predicted octanol–water partition coefficient (Wildman–Crippen LogP) is 6.16. The van der Waals surface area contributed by atoms with Crippen LogP contribution in [0, 0.1) is 19.8 Å². The van der Waals surface area contributed by atoms with Crippen LogP contribution in [-0.2, 0) is 23.5 Å². The van der Waals surface area contributed by atoms with Gasteiger partial charge in [-0.2, -0.15) is 18.3 Å². The second-order valence-electron chi connectivity index (χ2n) is 9.65. The molecule has 2 heterocycles. The van der Waals surface area contributed by atoms with Crippen molar-refractivity contribution in [3.8, 4) is 0 Å². The Morgan fingerprint density at radius 3 is 2.17 bits per heavy atom. The van der Waals surface area contributed by atoms with Gasteiger partial charge in [0, 0.05) is 7.05 Å². The van der Waals surface area contributed by atoms with Crippen LogP contribution in [0.1, 0.15) is 49.1 Å². The number of rotatable bonds is 9. The molecule has 0 amide bonds. The Labute approximate surface area is 221 Å². The van der Waals surface area contributed by atoms with Gasteiger partial charge in [-0.15, -0.1) is 0 Å². The zero-order valence-corrected chi connectivity index (χ0v) is 23.3. The highest BCUT2D eigenvalue weighted by atomic mass is 35.5. The minimum Gasteiger partial charge on any atom is -0.306 e. The monoisotopic (exact) mass is 568 g/mol. The van der Waals surface area contributed by atoms with E-state index in [1.165, 1.54) is 50.6 Å². The zero-order chi connectivity index (χ0) is 26.8. The van der Waals surface area contributed by atoms with Gasteiger partial charge in [0.05, 0.1) is 27.1 Å². The van der Waals surface area contributed by atoms with Gasteiger partial charge in [0.1, 0.15) is 11.4 Å². The summed E-state index contributed by atoms with van der Waals surface area (Å²) in [6.07, 6.45) is 1.31. The fourth-order valence-electron chi connectivity index (χ4n) is 4.80. The number of benzene rings is 1. The molecule has 0 unspecified atom stereocenters. The molecule has 1 aromatic carbocycles. The summed E-state index contributed by atoms with van der Waals surface area (Å²) in [5, 5.41) is 3.69. The van der Waals surface area contributed by atoms with E-state index in [0.29, 0.717) is 10.7 Å². The first kappa shape index (κ1) is 29.1. The van der Waals surface area contributed by atoms with E-state index >= 15 is 0 Å². The third-order valence-electron chi connectivity index (χ3n) is 6.82. The maximum absolute atomic E-state index is 13.6. The lowest BCUT2D eigenvalue weighted by atomic mass is 9.91. The molecule has 0 bridgehead atoms. The number of nitrogens with zero attached hydrogens (tertiary/aromatic N) is 4. The molecule has 0 N–H and O–H groups in total. The molecular weight excluding hydrogens is 536 g/mol. The Morgan fingerprint density at radius 2 is 1.67 bits per heavy atom. The summed E-state index contributed by atoms with van der Waals surface area (Å²) < 4.78 is 69.2. The Balaban J connectivity index is 1.81. The lowest BCUT2D eigenvalue weighted by molar-refractivity contribution is -0.117. The lowest BCUT2D eigenvalue weighted by Crippen LogP contribution is -2.40. The van der Waals surface area contributed by atoms with E-state index in [9.17, 15) is 21.6 Å². The van der Waals surface area contributed by atoms with Crippen molar-refractivity contribution >= 4 is 38.9 Å². The molecule has 1 aromatic heterocycles. The maximum atomic E-state index is 13.6. The summed E-state index contributed by atoms with van der Waals surface area (Å²) in [5.74, 6) is 0.722. The van der Waals surface area contributed by atoms with Gasteiger partial charge in [-0.3, -0.25) is 8.99 Å². The normalized spacial score (nSPS) is 16.0. The van der Waals surface area contributed by atoms with E-state index in [-0.39, 0.29) is 27.1 Å². The molecule has 0 aliphatic carbocycles. The van der Waals surface area contributed by atoms with Crippen molar-refractivity contribution in [1.82, 2.24) is 14.7 Å². The molecular formula is C24H33Cl2F3N4O2S. The van der Waals surface area contributed by atoms with Gasteiger partial charge in [-0.25, -0.2) is 8.42 Å². The van der Waals surface area contributed by atoms with Crippen molar-refractivity contribution in [1.29, 1.82) is 0 Å². The number of alkyl halides is 3. The number of likely N-dealkylation sites (tertiary alicyclic amines) is 1. The molecule has 36 heavy (non-hydrogen) atoms. The SMILES string of the molecule is Cc1nn(C)c(C)c1N(CC(F)(F)F)S(=O)(=O)c1c(Cl)cc(CCCCC2CCN(C)CC2)cc1Cl. The number of halogens is 5. The van der Waals surface area contributed by atoms with Crippen LogP contribution < -0.4 is 4.31 Å². The zero-order valence-electron chi connectivity index (χ0n) is 21.0. The van der Waals surface area contributed by atoms with Crippen LogP contribution in [0.4, 0.5) is 18.9 Å². The van der Waals surface area contributed by atoms with E-state index in [2.05, 4.69) is 17.0 Å². The van der Waals surface area contributed by atoms with Gasteiger partial charge >= 0.3 is 6.18 Å². The number of piperidine rings is 1. The molecule has 1 aliphatic rings. The van der Waals surface area contributed by atoms with Crippen LogP contribution in [0.2, 0.25) is 10.0 Å². The standard InChI is InChI=1S/C24H33Cl2F3N4O2S/c1-16-22(17(2)32(4)30-16)33(15-24(27,28)29)36(34,35)23-20(25)13-19(14-21(23)26)8-6-5-7-18-9-11-31(3)12-10-18/h13-14,18H,5-12,15H2,1-4H3. The third-order valence-corrected chi connectivity index (χ3v) is 9.48. The number of anilines is 1. The molecule has 2 aromatic rings. The van der Waals surface area contributed by atoms with E-state index in [4.69, 9.17) is 23.2 Å². The van der Waals surface area contributed by atoms with Gasteiger partial charge in [-0.1, -0.05) is 36.0 Å². The highest BCUT2D eigenvalue weighted by molar-refractivity contribution is 7.93. The lowest BCUT2D eigenvalue weighted by Gasteiger charge is -2.28. The smallest absolute Gasteiger partial charge is 0.306 e. The molecule has 0 saturated carbocycles.